The molecule has 3 nitrogen and oxygen atoms in total. The Bertz CT molecular complexity index is 2500. The van der Waals surface area contributed by atoms with Crippen LogP contribution in [0.1, 0.15) is 16.7 Å². The molecule has 222 valence electrons. The second-order valence-corrected chi connectivity index (χ2v) is 12.3. The standard InChI is InChI=1S/C44H31N3/c1-29-11-5-8-16-40(29)45-42-28-34-12-6-7-15-37(34)38-24-23-33(27-39(38)42)31-19-20-32-26-35(22-21-30(32)25-31)44-46-41-17-9-10-18-43(41)47(44)36-13-3-2-4-14-36/h2-27H,28H2,1H3/b45-42+. The largest absolute Gasteiger partial charge is 0.292 e. The van der Waals surface area contributed by atoms with Crippen molar-refractivity contribution in [2.75, 3.05) is 0 Å². The van der Waals surface area contributed by atoms with E-state index >= 15 is 0 Å². The third-order valence-electron chi connectivity index (χ3n) is 9.37. The van der Waals surface area contributed by atoms with Gasteiger partial charge in [-0.2, -0.15) is 0 Å². The molecule has 0 spiro atoms. The van der Waals surface area contributed by atoms with Gasteiger partial charge in [-0.05, 0) is 99.6 Å². The van der Waals surface area contributed by atoms with Crippen molar-refractivity contribution >= 4 is 33.2 Å². The van der Waals surface area contributed by atoms with Crippen LogP contribution >= 0.6 is 0 Å². The quantitative estimate of drug-likeness (QED) is 0.197. The second-order valence-electron chi connectivity index (χ2n) is 12.3. The topological polar surface area (TPSA) is 30.2 Å². The number of para-hydroxylation sites is 4. The number of nitrogens with zero attached hydrogens (tertiary/aromatic N) is 3. The van der Waals surface area contributed by atoms with E-state index in [0.29, 0.717) is 0 Å². The number of imidazole rings is 1. The number of hydrogen-bond acceptors (Lipinski definition) is 2. The molecule has 1 heterocycles. The molecule has 1 aliphatic rings. The van der Waals surface area contributed by atoms with Crippen molar-refractivity contribution < 1.29 is 0 Å². The molecule has 1 aromatic heterocycles. The molecule has 7 aromatic carbocycles. The molecule has 0 amide bonds. The third-order valence-corrected chi connectivity index (χ3v) is 9.37. The van der Waals surface area contributed by atoms with Gasteiger partial charge in [0.15, 0.2) is 0 Å². The molecule has 0 fully saturated rings. The number of benzene rings is 7. The monoisotopic (exact) mass is 601 g/mol. The Morgan fingerprint density at radius 2 is 1.23 bits per heavy atom. The first-order valence-corrected chi connectivity index (χ1v) is 16.1. The maximum atomic E-state index is 5.23. The highest BCUT2D eigenvalue weighted by molar-refractivity contribution is 6.12. The van der Waals surface area contributed by atoms with Crippen molar-refractivity contribution in [2.45, 2.75) is 13.3 Å². The Hall–Kier alpha value is -6.06. The normalized spacial score (nSPS) is 13.2. The summed E-state index contributed by atoms with van der Waals surface area (Å²) in [6.07, 6.45) is 0.815. The van der Waals surface area contributed by atoms with Gasteiger partial charge in [-0.25, -0.2) is 4.98 Å². The van der Waals surface area contributed by atoms with Gasteiger partial charge in [-0.1, -0.05) is 109 Å². The lowest BCUT2D eigenvalue weighted by molar-refractivity contribution is 1.10. The van der Waals surface area contributed by atoms with Crippen LogP contribution in [0.15, 0.2) is 163 Å². The van der Waals surface area contributed by atoms with Crippen LogP contribution in [0, 0.1) is 6.92 Å². The predicted octanol–water partition coefficient (Wildman–Crippen LogP) is 11.2. The molecule has 0 saturated heterocycles. The lowest BCUT2D eigenvalue weighted by Crippen LogP contribution is -2.13. The van der Waals surface area contributed by atoms with Crippen LogP contribution in [-0.4, -0.2) is 15.3 Å². The molecule has 0 atom stereocenters. The highest BCUT2D eigenvalue weighted by Crippen LogP contribution is 2.38. The van der Waals surface area contributed by atoms with Crippen LogP contribution in [0.2, 0.25) is 0 Å². The molecule has 3 heteroatoms. The summed E-state index contributed by atoms with van der Waals surface area (Å²) in [5.74, 6) is 0.943. The highest BCUT2D eigenvalue weighted by Gasteiger charge is 2.22. The van der Waals surface area contributed by atoms with E-state index in [4.69, 9.17) is 9.98 Å². The molecule has 0 saturated carbocycles. The third kappa shape index (κ3) is 4.76. The van der Waals surface area contributed by atoms with Crippen LogP contribution in [0.4, 0.5) is 5.69 Å². The minimum atomic E-state index is 0.815. The number of hydrogen-bond donors (Lipinski definition) is 0. The van der Waals surface area contributed by atoms with Crippen LogP contribution in [0.5, 0.6) is 0 Å². The van der Waals surface area contributed by atoms with Gasteiger partial charge < -0.3 is 0 Å². The van der Waals surface area contributed by atoms with Crippen molar-refractivity contribution in [3.05, 3.63) is 174 Å². The average molecular weight is 602 g/mol. The Kier molecular flexibility index (Phi) is 6.43. The lowest BCUT2D eigenvalue weighted by atomic mass is 9.82. The minimum Gasteiger partial charge on any atom is -0.292 e. The summed E-state index contributed by atoms with van der Waals surface area (Å²) in [6, 6.07) is 56.3. The molecule has 0 N–H and O–H groups in total. The lowest BCUT2D eigenvalue weighted by Gasteiger charge is -2.23. The molecule has 0 unspecified atom stereocenters. The van der Waals surface area contributed by atoms with Crippen molar-refractivity contribution in [1.29, 1.82) is 0 Å². The molecular weight excluding hydrogens is 571 g/mol. The SMILES string of the molecule is Cc1ccccc1/N=C1\Cc2ccccc2-c2ccc(-c3ccc4cc(-c5nc6ccccc6n5-c5ccccc5)ccc4c3)cc21. The van der Waals surface area contributed by atoms with Crippen LogP contribution in [-0.2, 0) is 6.42 Å². The Balaban J connectivity index is 1.14. The summed E-state index contributed by atoms with van der Waals surface area (Å²) in [6.45, 7) is 2.13. The number of aromatic nitrogens is 2. The average Bonchev–Trinajstić information content (AvgIpc) is 3.52. The van der Waals surface area contributed by atoms with E-state index in [2.05, 4.69) is 163 Å². The molecule has 47 heavy (non-hydrogen) atoms. The van der Waals surface area contributed by atoms with Gasteiger partial charge in [-0.3, -0.25) is 9.56 Å². The fourth-order valence-electron chi connectivity index (χ4n) is 6.97. The van der Waals surface area contributed by atoms with Crippen LogP contribution in [0.25, 0.3) is 61.1 Å². The highest BCUT2D eigenvalue weighted by atomic mass is 15.1. The summed E-state index contributed by atoms with van der Waals surface area (Å²) in [4.78, 5) is 10.3. The molecular formula is C44H31N3. The van der Waals surface area contributed by atoms with Gasteiger partial charge in [0, 0.05) is 23.2 Å². The summed E-state index contributed by atoms with van der Waals surface area (Å²) in [5, 5.41) is 2.39. The second kappa shape index (κ2) is 11.1. The van der Waals surface area contributed by atoms with E-state index in [9.17, 15) is 0 Å². The van der Waals surface area contributed by atoms with E-state index in [-0.39, 0.29) is 0 Å². The van der Waals surface area contributed by atoms with Crippen molar-refractivity contribution in [3.8, 4) is 39.3 Å². The summed E-state index contributed by atoms with van der Waals surface area (Å²) in [7, 11) is 0. The van der Waals surface area contributed by atoms with Crippen molar-refractivity contribution in [3.63, 3.8) is 0 Å². The molecule has 8 aromatic rings. The van der Waals surface area contributed by atoms with Gasteiger partial charge in [0.2, 0.25) is 0 Å². The molecule has 0 aliphatic heterocycles. The van der Waals surface area contributed by atoms with Crippen molar-refractivity contribution in [1.82, 2.24) is 9.55 Å². The van der Waals surface area contributed by atoms with Gasteiger partial charge >= 0.3 is 0 Å². The minimum absolute atomic E-state index is 0.815. The number of aryl methyl sites for hydroxylation is 1. The molecule has 0 radical (unpaired) electrons. The van der Waals surface area contributed by atoms with Crippen molar-refractivity contribution in [2.24, 2.45) is 4.99 Å². The van der Waals surface area contributed by atoms with Gasteiger partial charge in [0.1, 0.15) is 5.82 Å². The fraction of sp³-hybridized carbons (Fsp3) is 0.0455. The van der Waals surface area contributed by atoms with Gasteiger partial charge in [0.05, 0.1) is 22.4 Å². The Labute approximate surface area is 274 Å². The van der Waals surface area contributed by atoms with Crippen LogP contribution < -0.4 is 0 Å². The number of aliphatic imine (C=N–C) groups is 1. The molecule has 9 rings (SSSR count). The van der Waals surface area contributed by atoms with Gasteiger partial charge in [0.25, 0.3) is 0 Å². The number of rotatable bonds is 4. The zero-order valence-electron chi connectivity index (χ0n) is 26.1. The smallest absolute Gasteiger partial charge is 0.145 e. The summed E-state index contributed by atoms with van der Waals surface area (Å²) >= 11 is 0. The summed E-state index contributed by atoms with van der Waals surface area (Å²) < 4.78 is 2.26. The first-order chi connectivity index (χ1) is 23.2. The van der Waals surface area contributed by atoms with E-state index in [1.165, 1.54) is 49.7 Å². The molecule has 1 aliphatic carbocycles. The van der Waals surface area contributed by atoms with E-state index in [1.807, 2.05) is 6.07 Å². The first kappa shape index (κ1) is 27.3. The molecule has 0 bridgehead atoms. The predicted molar refractivity (Wildman–Crippen MR) is 196 cm³/mol. The van der Waals surface area contributed by atoms with E-state index in [1.54, 1.807) is 0 Å². The van der Waals surface area contributed by atoms with E-state index in [0.717, 1.165) is 45.9 Å². The maximum Gasteiger partial charge on any atom is 0.145 e. The van der Waals surface area contributed by atoms with E-state index < -0.39 is 0 Å². The summed E-state index contributed by atoms with van der Waals surface area (Å²) in [5.41, 5.74) is 15.1. The Morgan fingerprint density at radius 3 is 2.11 bits per heavy atom. The maximum absolute atomic E-state index is 5.23. The van der Waals surface area contributed by atoms with Gasteiger partial charge in [-0.15, -0.1) is 0 Å². The van der Waals surface area contributed by atoms with Crippen LogP contribution in [0.3, 0.4) is 0 Å². The zero-order valence-corrected chi connectivity index (χ0v) is 26.1. The number of fused-ring (bicyclic) bond motifs is 5. The Morgan fingerprint density at radius 1 is 0.553 bits per heavy atom. The first-order valence-electron chi connectivity index (χ1n) is 16.1. The zero-order chi connectivity index (χ0) is 31.3. The fourth-order valence-corrected chi connectivity index (χ4v) is 6.97.